The first-order valence-electron chi connectivity index (χ1n) is 7.67. The van der Waals surface area contributed by atoms with Gasteiger partial charge in [-0.25, -0.2) is 0 Å². The monoisotopic (exact) mass is 275 g/mol. The molecule has 1 aliphatic heterocycles. The van der Waals surface area contributed by atoms with Crippen LogP contribution in [0.15, 0.2) is 12.1 Å². The first-order chi connectivity index (χ1) is 9.37. The molecule has 2 rings (SSSR count). The van der Waals surface area contributed by atoms with Gasteiger partial charge in [-0.1, -0.05) is 12.1 Å². The van der Waals surface area contributed by atoms with Crippen LogP contribution in [-0.2, 0) is 0 Å². The fraction of sp³-hybridized carbons (Fsp3) is 0.647. The number of hydrogen-bond acceptors (Lipinski definition) is 3. The molecule has 0 amide bonds. The molecule has 1 saturated heterocycles. The molecule has 1 aromatic rings. The molecule has 1 fully saturated rings. The van der Waals surface area contributed by atoms with E-state index in [-0.39, 0.29) is 11.6 Å². The quantitative estimate of drug-likeness (QED) is 0.655. The number of rotatable bonds is 4. The van der Waals surface area contributed by atoms with Crippen molar-refractivity contribution in [1.29, 1.82) is 0 Å². The van der Waals surface area contributed by atoms with Crippen molar-refractivity contribution in [1.82, 2.24) is 10.3 Å². The molecule has 20 heavy (non-hydrogen) atoms. The molecule has 1 heterocycles. The largest absolute Gasteiger partial charge is 0.296 e. The lowest BCUT2D eigenvalue weighted by Gasteiger charge is -2.42. The average molecular weight is 275 g/mol. The molecule has 112 valence electrons. The average Bonchev–Trinajstić information content (AvgIpc) is 2.90. The SMILES string of the molecule is Cc1cc(C)c(C(NN)C(C)(C)N2CCCC2)cc1C. The van der Waals surface area contributed by atoms with E-state index < -0.39 is 0 Å². The van der Waals surface area contributed by atoms with E-state index in [2.05, 4.69) is 57.1 Å². The summed E-state index contributed by atoms with van der Waals surface area (Å²) in [6.07, 6.45) is 2.60. The van der Waals surface area contributed by atoms with Crippen LogP contribution < -0.4 is 11.3 Å². The maximum Gasteiger partial charge on any atom is 0.0641 e. The first kappa shape index (κ1) is 15.5. The van der Waals surface area contributed by atoms with Crippen LogP contribution in [0.2, 0.25) is 0 Å². The van der Waals surface area contributed by atoms with Crippen LogP contribution in [0.1, 0.15) is 55.0 Å². The zero-order chi connectivity index (χ0) is 14.9. The van der Waals surface area contributed by atoms with Crippen LogP contribution in [-0.4, -0.2) is 23.5 Å². The molecular formula is C17H29N3. The summed E-state index contributed by atoms with van der Waals surface area (Å²) in [6.45, 7) is 13.5. The summed E-state index contributed by atoms with van der Waals surface area (Å²) in [5.41, 5.74) is 8.44. The fourth-order valence-corrected chi connectivity index (χ4v) is 3.44. The van der Waals surface area contributed by atoms with Gasteiger partial charge in [-0.3, -0.25) is 16.2 Å². The van der Waals surface area contributed by atoms with Crippen molar-refractivity contribution >= 4 is 0 Å². The Balaban J connectivity index is 2.38. The van der Waals surface area contributed by atoms with Gasteiger partial charge in [0.15, 0.2) is 0 Å². The number of nitrogens with zero attached hydrogens (tertiary/aromatic N) is 1. The summed E-state index contributed by atoms with van der Waals surface area (Å²) in [4.78, 5) is 2.56. The Labute approximate surface area is 123 Å². The van der Waals surface area contributed by atoms with E-state index in [1.165, 1.54) is 48.2 Å². The molecule has 1 atom stereocenters. The lowest BCUT2D eigenvalue weighted by Crippen LogP contribution is -2.53. The van der Waals surface area contributed by atoms with Gasteiger partial charge in [-0.2, -0.15) is 0 Å². The van der Waals surface area contributed by atoms with Crippen molar-refractivity contribution in [3.8, 4) is 0 Å². The van der Waals surface area contributed by atoms with Gasteiger partial charge >= 0.3 is 0 Å². The zero-order valence-electron chi connectivity index (χ0n) is 13.6. The molecule has 3 N–H and O–H groups in total. The van der Waals surface area contributed by atoms with Crippen molar-refractivity contribution in [3.05, 3.63) is 34.4 Å². The second-order valence-corrected chi connectivity index (χ2v) is 6.74. The molecule has 1 aromatic carbocycles. The normalized spacial score (nSPS) is 18.5. The van der Waals surface area contributed by atoms with E-state index in [9.17, 15) is 0 Å². The smallest absolute Gasteiger partial charge is 0.0641 e. The molecule has 0 radical (unpaired) electrons. The van der Waals surface area contributed by atoms with Gasteiger partial charge in [-0.05, 0) is 82.8 Å². The second kappa shape index (κ2) is 5.84. The van der Waals surface area contributed by atoms with Gasteiger partial charge in [0.25, 0.3) is 0 Å². The van der Waals surface area contributed by atoms with Crippen LogP contribution >= 0.6 is 0 Å². The predicted molar refractivity (Wildman–Crippen MR) is 85.6 cm³/mol. The second-order valence-electron chi connectivity index (χ2n) is 6.74. The maximum atomic E-state index is 5.94. The van der Waals surface area contributed by atoms with Crippen LogP contribution in [0.3, 0.4) is 0 Å². The maximum absolute atomic E-state index is 5.94. The first-order valence-corrected chi connectivity index (χ1v) is 7.67. The van der Waals surface area contributed by atoms with Gasteiger partial charge in [0.1, 0.15) is 0 Å². The molecule has 0 spiro atoms. The van der Waals surface area contributed by atoms with E-state index in [1.807, 2.05) is 0 Å². The molecule has 0 aliphatic carbocycles. The minimum Gasteiger partial charge on any atom is -0.296 e. The molecule has 3 nitrogen and oxygen atoms in total. The van der Waals surface area contributed by atoms with E-state index in [4.69, 9.17) is 5.84 Å². The van der Waals surface area contributed by atoms with Crippen molar-refractivity contribution in [2.75, 3.05) is 13.1 Å². The zero-order valence-corrected chi connectivity index (χ0v) is 13.6. The van der Waals surface area contributed by atoms with Gasteiger partial charge < -0.3 is 0 Å². The van der Waals surface area contributed by atoms with Crippen molar-refractivity contribution in [2.24, 2.45) is 5.84 Å². The summed E-state index contributed by atoms with van der Waals surface area (Å²) in [5, 5.41) is 0. The molecular weight excluding hydrogens is 246 g/mol. The van der Waals surface area contributed by atoms with Crippen molar-refractivity contribution < 1.29 is 0 Å². The number of nitrogens with one attached hydrogen (secondary N) is 1. The molecule has 0 saturated carbocycles. The lowest BCUT2D eigenvalue weighted by molar-refractivity contribution is 0.106. The Morgan fingerprint density at radius 1 is 1.05 bits per heavy atom. The Kier molecular flexibility index (Phi) is 4.52. The third-order valence-corrected chi connectivity index (χ3v) is 4.99. The van der Waals surface area contributed by atoms with E-state index >= 15 is 0 Å². The summed E-state index contributed by atoms with van der Waals surface area (Å²) in [7, 11) is 0. The molecule has 1 aliphatic rings. The number of hydrazine groups is 1. The molecule has 0 bridgehead atoms. The van der Waals surface area contributed by atoms with Crippen molar-refractivity contribution in [2.45, 2.75) is 59.0 Å². The minimum atomic E-state index is 0.0255. The van der Waals surface area contributed by atoms with Crippen LogP contribution in [0.25, 0.3) is 0 Å². The Morgan fingerprint density at radius 2 is 1.60 bits per heavy atom. The van der Waals surface area contributed by atoms with Gasteiger partial charge in [-0.15, -0.1) is 0 Å². The third-order valence-electron chi connectivity index (χ3n) is 4.99. The fourth-order valence-electron chi connectivity index (χ4n) is 3.44. The molecule has 1 unspecified atom stereocenters. The highest BCUT2D eigenvalue weighted by atomic mass is 15.3. The Hall–Kier alpha value is -0.900. The Bertz CT molecular complexity index is 473. The van der Waals surface area contributed by atoms with Crippen LogP contribution in [0.5, 0.6) is 0 Å². The molecule has 0 aromatic heterocycles. The summed E-state index contributed by atoms with van der Waals surface area (Å²) in [6, 6.07) is 4.72. The highest BCUT2D eigenvalue weighted by Gasteiger charge is 2.37. The minimum absolute atomic E-state index is 0.0255. The topological polar surface area (TPSA) is 41.3 Å². The third kappa shape index (κ3) is 2.76. The van der Waals surface area contributed by atoms with Gasteiger partial charge in [0.05, 0.1) is 6.04 Å². The van der Waals surface area contributed by atoms with Crippen LogP contribution in [0.4, 0.5) is 0 Å². The predicted octanol–water partition coefficient (Wildman–Crippen LogP) is 2.99. The highest BCUT2D eigenvalue weighted by molar-refractivity contribution is 5.39. The van der Waals surface area contributed by atoms with Gasteiger partial charge in [0, 0.05) is 5.54 Å². The summed E-state index contributed by atoms with van der Waals surface area (Å²) in [5.74, 6) is 5.94. The van der Waals surface area contributed by atoms with Crippen LogP contribution in [0, 0.1) is 20.8 Å². The molecule has 3 heteroatoms. The summed E-state index contributed by atoms with van der Waals surface area (Å²) >= 11 is 0. The number of benzene rings is 1. The standard InChI is InChI=1S/C17H29N3/c1-12-10-14(3)15(11-13(12)2)16(19-18)17(4,5)20-8-6-7-9-20/h10-11,16,19H,6-9,18H2,1-5H3. The van der Waals surface area contributed by atoms with Gasteiger partial charge in [0.2, 0.25) is 0 Å². The van der Waals surface area contributed by atoms with E-state index in [0.717, 1.165) is 0 Å². The number of likely N-dealkylation sites (tertiary alicyclic amines) is 1. The summed E-state index contributed by atoms with van der Waals surface area (Å²) < 4.78 is 0. The lowest BCUT2D eigenvalue weighted by atomic mass is 9.84. The van der Waals surface area contributed by atoms with E-state index in [1.54, 1.807) is 0 Å². The number of aryl methyl sites for hydroxylation is 3. The number of nitrogens with two attached hydrogens (primary N) is 1. The van der Waals surface area contributed by atoms with Crippen molar-refractivity contribution in [3.63, 3.8) is 0 Å². The highest BCUT2D eigenvalue weighted by Crippen LogP contribution is 2.35. The number of hydrogen-bond donors (Lipinski definition) is 2. The Morgan fingerprint density at radius 3 is 2.15 bits per heavy atom. The van der Waals surface area contributed by atoms with E-state index in [0.29, 0.717) is 0 Å².